The molecule has 1 aromatic rings. The number of carbonyl (C=O) groups is 1. The molecule has 1 atom stereocenters. The standard InChI is InChI=1S/C17H23F3N2O6S2/c18-12-13(19)17(30(27,28)9-8-11(23)24)16(14(20)15(12)22-29(25)26)21-10-6-4-2-1-3-5-7-10/h10,21-22H,1-9H2,(H,23,24)(H,25,26)/p-1. The molecule has 1 saturated carbocycles. The predicted molar refractivity (Wildman–Crippen MR) is 103 cm³/mol. The van der Waals surface area contributed by atoms with Gasteiger partial charge in [0, 0.05) is 17.3 Å². The van der Waals surface area contributed by atoms with Crippen LogP contribution in [0.4, 0.5) is 24.5 Å². The monoisotopic (exact) mass is 471 g/mol. The Morgan fingerprint density at radius 3 is 2.13 bits per heavy atom. The van der Waals surface area contributed by atoms with Gasteiger partial charge >= 0.3 is 5.97 Å². The molecule has 1 unspecified atom stereocenters. The highest BCUT2D eigenvalue weighted by Gasteiger charge is 2.34. The van der Waals surface area contributed by atoms with Crippen LogP contribution in [-0.4, -0.2) is 40.0 Å². The molecule has 0 radical (unpaired) electrons. The van der Waals surface area contributed by atoms with Gasteiger partial charge in [0.25, 0.3) is 0 Å². The van der Waals surface area contributed by atoms with Crippen molar-refractivity contribution in [3.05, 3.63) is 17.5 Å². The van der Waals surface area contributed by atoms with E-state index >= 15 is 4.39 Å². The minimum atomic E-state index is -4.75. The van der Waals surface area contributed by atoms with Crippen molar-refractivity contribution in [2.45, 2.75) is 62.3 Å². The van der Waals surface area contributed by atoms with Crippen molar-refractivity contribution < 1.29 is 40.3 Å². The summed E-state index contributed by atoms with van der Waals surface area (Å²) in [7, 11) is -4.75. The Bertz CT molecular complexity index is 919. The molecule has 13 heteroatoms. The molecule has 2 rings (SSSR count). The van der Waals surface area contributed by atoms with Crippen LogP contribution in [0.2, 0.25) is 0 Å². The molecule has 0 spiro atoms. The second-order valence-corrected chi connectivity index (χ2v) is 9.73. The maximum atomic E-state index is 15.0. The van der Waals surface area contributed by atoms with E-state index in [0.717, 1.165) is 32.1 Å². The van der Waals surface area contributed by atoms with Crippen LogP contribution in [0.1, 0.15) is 51.4 Å². The molecule has 1 aliphatic carbocycles. The lowest BCUT2D eigenvalue weighted by molar-refractivity contribution is -0.136. The van der Waals surface area contributed by atoms with Crippen molar-refractivity contribution in [3.8, 4) is 0 Å². The molecule has 1 fully saturated rings. The van der Waals surface area contributed by atoms with Crippen LogP contribution in [0.25, 0.3) is 0 Å². The Morgan fingerprint density at radius 1 is 1.03 bits per heavy atom. The quantitative estimate of drug-likeness (QED) is 0.392. The van der Waals surface area contributed by atoms with Crippen LogP contribution in [0.5, 0.6) is 0 Å². The van der Waals surface area contributed by atoms with Crippen molar-refractivity contribution in [2.24, 2.45) is 0 Å². The number of nitrogens with one attached hydrogen (secondary N) is 2. The van der Waals surface area contributed by atoms with E-state index in [1.54, 1.807) is 0 Å². The van der Waals surface area contributed by atoms with Crippen LogP contribution < -0.4 is 10.0 Å². The highest BCUT2D eigenvalue weighted by molar-refractivity contribution is 7.91. The highest BCUT2D eigenvalue weighted by Crippen LogP contribution is 2.38. The average molecular weight is 471 g/mol. The fourth-order valence-electron chi connectivity index (χ4n) is 3.36. The predicted octanol–water partition coefficient (Wildman–Crippen LogP) is 3.08. The van der Waals surface area contributed by atoms with E-state index in [2.05, 4.69) is 5.32 Å². The summed E-state index contributed by atoms with van der Waals surface area (Å²) in [5.74, 6) is -8.21. The van der Waals surface area contributed by atoms with E-state index in [-0.39, 0.29) is 0 Å². The van der Waals surface area contributed by atoms with Crippen molar-refractivity contribution in [2.75, 3.05) is 15.8 Å². The van der Waals surface area contributed by atoms with E-state index in [9.17, 15) is 30.8 Å². The first-order valence-corrected chi connectivity index (χ1v) is 12.0. The molecular formula is C17H22F3N2O6S2-. The topological polar surface area (TPSA) is 136 Å². The van der Waals surface area contributed by atoms with Gasteiger partial charge in [0.15, 0.2) is 27.3 Å². The second kappa shape index (κ2) is 10.4. The number of aliphatic carboxylic acids is 1. The summed E-state index contributed by atoms with van der Waals surface area (Å²) < 4.78 is 92.3. The summed E-state index contributed by atoms with van der Waals surface area (Å²) in [6, 6.07) is -0.455. The van der Waals surface area contributed by atoms with Crippen molar-refractivity contribution in [1.82, 2.24) is 0 Å². The Hall–Kier alpha value is -1.86. The maximum Gasteiger partial charge on any atom is 0.304 e. The van der Waals surface area contributed by atoms with Crippen LogP contribution in [0.3, 0.4) is 0 Å². The van der Waals surface area contributed by atoms with E-state index < -0.39 is 79.0 Å². The van der Waals surface area contributed by atoms with Gasteiger partial charge in [0.1, 0.15) is 10.6 Å². The number of halogens is 3. The van der Waals surface area contributed by atoms with Crippen molar-refractivity contribution in [3.63, 3.8) is 0 Å². The molecule has 1 aromatic carbocycles. The van der Waals surface area contributed by atoms with E-state index in [4.69, 9.17) is 5.11 Å². The Morgan fingerprint density at radius 2 is 1.60 bits per heavy atom. The molecule has 0 bridgehead atoms. The molecule has 30 heavy (non-hydrogen) atoms. The SMILES string of the molecule is O=C(O)CCS(=O)(=O)c1c(F)c(F)c(NS(=O)[O-])c(F)c1NC1CCCCCCC1. The van der Waals surface area contributed by atoms with Crippen molar-refractivity contribution >= 4 is 38.4 Å². The molecular weight excluding hydrogens is 449 g/mol. The van der Waals surface area contributed by atoms with Gasteiger partial charge in [0.05, 0.1) is 17.9 Å². The lowest BCUT2D eigenvalue weighted by Crippen LogP contribution is -2.25. The number of hydrogen-bond acceptors (Lipinski definition) is 6. The van der Waals surface area contributed by atoms with Gasteiger partial charge < -0.3 is 19.7 Å². The summed E-state index contributed by atoms with van der Waals surface area (Å²) >= 11 is -3.20. The normalized spacial score (nSPS) is 17.1. The average Bonchev–Trinajstić information content (AvgIpc) is 2.63. The molecule has 170 valence electrons. The first-order valence-electron chi connectivity index (χ1n) is 9.32. The third kappa shape index (κ3) is 6.08. The van der Waals surface area contributed by atoms with Gasteiger partial charge in [-0.1, -0.05) is 32.1 Å². The van der Waals surface area contributed by atoms with Gasteiger partial charge in [-0.05, 0) is 12.8 Å². The van der Waals surface area contributed by atoms with Crippen LogP contribution in [0, 0.1) is 17.5 Å². The summed E-state index contributed by atoms with van der Waals surface area (Å²) in [6.45, 7) is 0. The molecule has 0 heterocycles. The maximum absolute atomic E-state index is 15.0. The van der Waals surface area contributed by atoms with Gasteiger partial charge in [-0.2, -0.15) is 0 Å². The van der Waals surface area contributed by atoms with Gasteiger partial charge in [0.2, 0.25) is 0 Å². The van der Waals surface area contributed by atoms with Gasteiger partial charge in [-0.25, -0.2) is 21.6 Å². The number of carboxylic acid groups (broad SMARTS) is 1. The molecule has 8 nitrogen and oxygen atoms in total. The summed E-state index contributed by atoms with van der Waals surface area (Å²) in [5.41, 5.74) is -2.26. The Labute approximate surface area is 174 Å². The number of hydrogen-bond donors (Lipinski definition) is 3. The lowest BCUT2D eigenvalue weighted by Gasteiger charge is -2.25. The zero-order chi connectivity index (χ0) is 22.5. The Kier molecular flexibility index (Phi) is 8.50. The summed E-state index contributed by atoms with van der Waals surface area (Å²) in [5, 5.41) is 11.3. The number of sulfone groups is 1. The molecule has 0 amide bonds. The third-order valence-corrected chi connectivity index (χ3v) is 6.93. The zero-order valence-electron chi connectivity index (χ0n) is 15.9. The first kappa shape index (κ1) is 24.4. The first-order chi connectivity index (χ1) is 14.0. The van der Waals surface area contributed by atoms with E-state index in [1.165, 1.54) is 4.72 Å². The summed E-state index contributed by atoms with van der Waals surface area (Å²) in [6.07, 6.45) is 4.46. The third-order valence-electron chi connectivity index (χ3n) is 4.81. The number of benzene rings is 1. The van der Waals surface area contributed by atoms with Crippen LogP contribution >= 0.6 is 0 Å². The van der Waals surface area contributed by atoms with Crippen molar-refractivity contribution in [1.29, 1.82) is 0 Å². The van der Waals surface area contributed by atoms with Gasteiger partial charge in [-0.15, -0.1) is 0 Å². The molecule has 1 aliphatic rings. The van der Waals surface area contributed by atoms with Gasteiger partial charge in [-0.3, -0.25) is 9.00 Å². The number of carboxylic acids is 1. The van der Waals surface area contributed by atoms with Crippen LogP contribution in [-0.2, 0) is 25.9 Å². The summed E-state index contributed by atoms with van der Waals surface area (Å²) in [4.78, 5) is 9.40. The lowest BCUT2D eigenvalue weighted by atomic mass is 9.96. The Balaban J connectivity index is 2.60. The minimum absolute atomic E-state index is 0.455. The fourth-order valence-corrected chi connectivity index (χ4v) is 5.18. The minimum Gasteiger partial charge on any atom is -0.755 e. The molecule has 0 aromatic heterocycles. The molecule has 3 N–H and O–H groups in total. The van der Waals surface area contributed by atoms with E-state index in [0.29, 0.717) is 12.8 Å². The van der Waals surface area contributed by atoms with Crippen LogP contribution in [0.15, 0.2) is 4.90 Å². The largest absolute Gasteiger partial charge is 0.755 e. The van der Waals surface area contributed by atoms with E-state index in [1.807, 2.05) is 0 Å². The fraction of sp³-hybridized carbons (Fsp3) is 0.588. The highest BCUT2D eigenvalue weighted by atomic mass is 32.2. The molecule has 0 aliphatic heterocycles. The number of rotatable bonds is 8. The zero-order valence-corrected chi connectivity index (χ0v) is 17.5. The molecule has 0 saturated heterocycles. The smallest absolute Gasteiger partial charge is 0.304 e. The number of anilines is 2. The second-order valence-electron chi connectivity index (χ2n) is 7.01.